The molecule has 0 radical (unpaired) electrons. The first-order valence-corrected chi connectivity index (χ1v) is 4.82. The van der Waals surface area contributed by atoms with Gasteiger partial charge in [-0.15, -0.1) is 0 Å². The van der Waals surface area contributed by atoms with Gasteiger partial charge in [-0.25, -0.2) is 0 Å². The summed E-state index contributed by atoms with van der Waals surface area (Å²) in [7, 11) is -4.85. The molecule has 0 saturated carbocycles. The third kappa shape index (κ3) is 5.75. The van der Waals surface area contributed by atoms with Crippen LogP contribution in [-0.4, -0.2) is 37.0 Å². The minimum atomic E-state index is -5.03. The van der Waals surface area contributed by atoms with Crippen LogP contribution in [0.25, 0.3) is 0 Å². The molecule has 0 aliphatic rings. The van der Waals surface area contributed by atoms with E-state index in [9.17, 15) is 26.4 Å². The van der Waals surface area contributed by atoms with Crippen molar-refractivity contribution in [1.82, 2.24) is 0 Å². The highest BCUT2D eigenvalue weighted by atomic mass is 32.2. The van der Waals surface area contributed by atoms with Gasteiger partial charge in [0, 0.05) is 6.92 Å². The molecular formula is C5H7F3O5S. The largest absolute Gasteiger partial charge is 0.452 e. The Balaban J connectivity index is 4.67. The van der Waals surface area contributed by atoms with Crippen LogP contribution in [0.4, 0.5) is 13.2 Å². The molecule has 84 valence electrons. The highest BCUT2D eigenvalue weighted by Crippen LogP contribution is 2.24. The van der Waals surface area contributed by atoms with Crippen molar-refractivity contribution in [3.8, 4) is 0 Å². The van der Waals surface area contributed by atoms with Crippen LogP contribution in [0.1, 0.15) is 6.92 Å². The number of hydrogen-bond acceptors (Lipinski definition) is 4. The first kappa shape index (κ1) is 13.2. The van der Waals surface area contributed by atoms with Gasteiger partial charge in [0.05, 0.1) is 0 Å². The third-order valence-electron chi connectivity index (χ3n) is 1.04. The first-order valence-electron chi connectivity index (χ1n) is 3.21. The fourth-order valence-corrected chi connectivity index (χ4v) is 1.23. The molecule has 0 saturated heterocycles. The van der Waals surface area contributed by atoms with Crippen LogP contribution < -0.4 is 0 Å². The summed E-state index contributed by atoms with van der Waals surface area (Å²) < 4.78 is 68.0. The maximum absolute atomic E-state index is 12.0. The van der Waals surface area contributed by atoms with Gasteiger partial charge in [0.25, 0.3) is 10.1 Å². The van der Waals surface area contributed by atoms with Gasteiger partial charge in [-0.1, -0.05) is 0 Å². The van der Waals surface area contributed by atoms with Crippen LogP contribution in [0, 0.1) is 0 Å². The number of halogens is 3. The van der Waals surface area contributed by atoms with Crippen molar-refractivity contribution in [3.63, 3.8) is 0 Å². The summed E-state index contributed by atoms with van der Waals surface area (Å²) in [5.41, 5.74) is 0. The molecule has 0 bridgehead atoms. The molecule has 0 aromatic rings. The number of ether oxygens (including phenoxy) is 1. The Morgan fingerprint density at radius 2 is 1.93 bits per heavy atom. The summed E-state index contributed by atoms with van der Waals surface area (Å²) in [5, 5.41) is 0. The minimum Gasteiger partial charge on any atom is -0.452 e. The van der Waals surface area contributed by atoms with Crippen molar-refractivity contribution in [2.24, 2.45) is 0 Å². The van der Waals surface area contributed by atoms with Crippen LogP contribution >= 0.6 is 0 Å². The van der Waals surface area contributed by atoms with Crippen LogP contribution in [0.5, 0.6) is 0 Å². The Hall–Kier alpha value is -0.830. The van der Waals surface area contributed by atoms with Crippen LogP contribution in [0.2, 0.25) is 0 Å². The lowest BCUT2D eigenvalue weighted by molar-refractivity contribution is -0.214. The van der Waals surface area contributed by atoms with Crippen molar-refractivity contribution in [2.45, 2.75) is 19.2 Å². The Bertz CT molecular complexity index is 306. The van der Waals surface area contributed by atoms with E-state index in [2.05, 4.69) is 4.74 Å². The highest BCUT2D eigenvalue weighted by molar-refractivity contribution is 7.85. The Morgan fingerprint density at radius 1 is 1.50 bits per heavy atom. The highest BCUT2D eigenvalue weighted by Gasteiger charge is 2.44. The van der Waals surface area contributed by atoms with E-state index in [1.807, 2.05) is 0 Å². The van der Waals surface area contributed by atoms with E-state index in [0.29, 0.717) is 6.92 Å². The number of esters is 1. The quantitative estimate of drug-likeness (QED) is 0.565. The Kier molecular flexibility index (Phi) is 3.89. The first-order chi connectivity index (χ1) is 6.02. The SMILES string of the molecule is CC(=O)OC(CS(=O)(=O)O)C(F)(F)F. The van der Waals surface area contributed by atoms with Crippen molar-refractivity contribution < 1.29 is 35.7 Å². The molecule has 1 unspecified atom stereocenters. The average molecular weight is 236 g/mol. The molecule has 0 aliphatic heterocycles. The lowest BCUT2D eigenvalue weighted by Crippen LogP contribution is -2.39. The Labute approximate surface area is 77.6 Å². The zero-order valence-corrected chi connectivity index (χ0v) is 7.72. The zero-order chi connectivity index (χ0) is 11.6. The molecule has 0 aromatic heterocycles. The van der Waals surface area contributed by atoms with Crippen molar-refractivity contribution >= 4 is 16.1 Å². The van der Waals surface area contributed by atoms with E-state index in [-0.39, 0.29) is 0 Å². The lowest BCUT2D eigenvalue weighted by Gasteiger charge is -2.18. The third-order valence-corrected chi connectivity index (χ3v) is 1.76. The number of hydrogen-bond donors (Lipinski definition) is 1. The standard InChI is InChI=1S/C5H7F3O5S/c1-3(9)13-4(5(6,7)8)2-14(10,11)12/h4H,2H2,1H3,(H,10,11,12). The van der Waals surface area contributed by atoms with Crippen molar-refractivity contribution in [2.75, 3.05) is 5.75 Å². The number of carbonyl (C=O) groups is 1. The molecule has 0 amide bonds. The molecule has 0 aliphatic carbocycles. The van der Waals surface area contributed by atoms with E-state index in [0.717, 1.165) is 0 Å². The maximum atomic E-state index is 12.0. The van der Waals surface area contributed by atoms with Crippen molar-refractivity contribution in [1.29, 1.82) is 0 Å². The molecule has 0 fully saturated rings. The number of alkyl halides is 3. The van der Waals surface area contributed by atoms with E-state index in [1.54, 1.807) is 0 Å². The van der Waals surface area contributed by atoms with Crippen LogP contribution in [0.15, 0.2) is 0 Å². The monoisotopic (exact) mass is 236 g/mol. The van der Waals surface area contributed by atoms with Crippen LogP contribution in [0.3, 0.4) is 0 Å². The molecule has 1 N–H and O–H groups in total. The zero-order valence-electron chi connectivity index (χ0n) is 6.91. The van der Waals surface area contributed by atoms with Crippen molar-refractivity contribution in [3.05, 3.63) is 0 Å². The fourth-order valence-electron chi connectivity index (χ4n) is 0.587. The molecular weight excluding hydrogens is 229 g/mol. The normalized spacial score (nSPS) is 14.9. The van der Waals surface area contributed by atoms with Gasteiger partial charge in [0.1, 0.15) is 5.75 Å². The van der Waals surface area contributed by atoms with Gasteiger partial charge >= 0.3 is 12.1 Å². The van der Waals surface area contributed by atoms with Gasteiger partial charge in [-0.3, -0.25) is 9.35 Å². The predicted octanol–water partition coefficient (Wildman–Crippen LogP) is 0.368. The summed E-state index contributed by atoms with van der Waals surface area (Å²) in [5.74, 6) is -2.98. The van der Waals surface area contributed by atoms with Gasteiger partial charge in [-0.2, -0.15) is 21.6 Å². The molecule has 1 atom stereocenters. The number of carbonyl (C=O) groups excluding carboxylic acids is 1. The lowest BCUT2D eigenvalue weighted by atomic mass is 10.4. The summed E-state index contributed by atoms with van der Waals surface area (Å²) in [6, 6.07) is 0. The number of rotatable bonds is 3. The molecule has 5 nitrogen and oxygen atoms in total. The van der Waals surface area contributed by atoms with Gasteiger partial charge in [0.15, 0.2) is 0 Å². The minimum absolute atomic E-state index is 0.697. The average Bonchev–Trinajstić information content (AvgIpc) is 1.78. The summed E-state index contributed by atoms with van der Waals surface area (Å²) in [6.07, 6.45) is -7.86. The van der Waals surface area contributed by atoms with E-state index in [1.165, 1.54) is 0 Å². The molecule has 14 heavy (non-hydrogen) atoms. The van der Waals surface area contributed by atoms with E-state index < -0.39 is 34.1 Å². The summed E-state index contributed by atoms with van der Waals surface area (Å²) in [6.45, 7) is 0.697. The topological polar surface area (TPSA) is 80.7 Å². The predicted molar refractivity (Wildman–Crippen MR) is 38.0 cm³/mol. The van der Waals surface area contributed by atoms with Gasteiger partial charge in [-0.05, 0) is 0 Å². The summed E-state index contributed by atoms with van der Waals surface area (Å²) in [4.78, 5) is 10.2. The molecule has 0 rings (SSSR count). The molecule has 0 heterocycles. The van der Waals surface area contributed by atoms with Gasteiger partial charge in [0.2, 0.25) is 6.10 Å². The van der Waals surface area contributed by atoms with E-state index in [4.69, 9.17) is 4.55 Å². The van der Waals surface area contributed by atoms with Crippen LogP contribution in [-0.2, 0) is 19.6 Å². The molecule has 0 aromatic carbocycles. The Morgan fingerprint density at radius 3 is 2.14 bits per heavy atom. The second-order valence-electron chi connectivity index (χ2n) is 2.39. The maximum Gasteiger partial charge on any atom is 0.426 e. The molecule has 9 heteroatoms. The van der Waals surface area contributed by atoms with Gasteiger partial charge < -0.3 is 4.74 Å². The second-order valence-corrected chi connectivity index (χ2v) is 3.89. The fraction of sp³-hybridized carbons (Fsp3) is 0.800. The smallest absolute Gasteiger partial charge is 0.426 e. The van der Waals surface area contributed by atoms with E-state index >= 15 is 0 Å². The molecule has 0 spiro atoms. The summed E-state index contributed by atoms with van der Waals surface area (Å²) >= 11 is 0. The second kappa shape index (κ2) is 4.13.